The highest BCUT2D eigenvalue weighted by atomic mass is 19.1. The number of hydrogen-bond donors (Lipinski definition) is 0. The first-order chi connectivity index (χ1) is 9.08. The number of nitrogens with zero attached hydrogens (tertiary/aromatic N) is 1. The molecule has 2 atom stereocenters. The molecule has 0 radical (unpaired) electrons. The second-order valence-electron chi connectivity index (χ2n) is 5.07. The van der Waals surface area contributed by atoms with Gasteiger partial charge in [0.05, 0.1) is 6.67 Å². The van der Waals surface area contributed by atoms with Gasteiger partial charge in [-0.1, -0.05) is 0 Å². The molecule has 0 amide bonds. The number of halogens is 3. The van der Waals surface area contributed by atoms with Crippen LogP contribution in [0.3, 0.4) is 0 Å². The van der Waals surface area contributed by atoms with E-state index in [1.807, 2.05) is 6.92 Å². The Morgan fingerprint density at radius 3 is 2.58 bits per heavy atom. The van der Waals surface area contributed by atoms with Gasteiger partial charge < -0.3 is 4.74 Å². The molecule has 0 saturated carbocycles. The zero-order valence-corrected chi connectivity index (χ0v) is 10.9. The Balaban J connectivity index is 1.84. The maximum Gasteiger partial charge on any atom is 0.129 e. The topological polar surface area (TPSA) is 12.5 Å². The number of benzene rings is 1. The number of rotatable bonds is 5. The summed E-state index contributed by atoms with van der Waals surface area (Å²) in [6, 6.07) is 3.22. The van der Waals surface area contributed by atoms with E-state index in [4.69, 9.17) is 4.74 Å². The average molecular weight is 273 g/mol. The van der Waals surface area contributed by atoms with Crippen molar-refractivity contribution < 1.29 is 17.9 Å². The van der Waals surface area contributed by atoms with E-state index < -0.39 is 11.6 Å². The average Bonchev–Trinajstić information content (AvgIpc) is 2.83. The lowest BCUT2D eigenvalue weighted by atomic mass is 10.1. The molecule has 0 spiro atoms. The first kappa shape index (κ1) is 14.2. The number of hydrogen-bond acceptors (Lipinski definition) is 2. The molecule has 1 aromatic carbocycles. The van der Waals surface area contributed by atoms with Crippen LogP contribution in [0.5, 0.6) is 5.75 Å². The van der Waals surface area contributed by atoms with E-state index in [2.05, 4.69) is 4.90 Å². The van der Waals surface area contributed by atoms with Gasteiger partial charge in [-0.25, -0.2) is 8.78 Å². The van der Waals surface area contributed by atoms with E-state index in [0.29, 0.717) is 6.61 Å². The van der Waals surface area contributed by atoms with Crippen LogP contribution in [0, 0.1) is 17.6 Å². The molecular formula is C14H18F3NO. The predicted octanol–water partition coefficient (Wildman–Crippen LogP) is 3.02. The summed E-state index contributed by atoms with van der Waals surface area (Å²) in [6.45, 7) is 3.58. The lowest BCUT2D eigenvalue weighted by molar-refractivity contribution is 0.165. The number of likely N-dealkylation sites (tertiary alicyclic amines) is 1. The normalized spacial score (nSPS) is 21.6. The molecule has 0 N–H and O–H groups in total. The highest BCUT2D eigenvalue weighted by molar-refractivity contribution is 5.23. The maximum atomic E-state index is 13.0. The van der Waals surface area contributed by atoms with Crippen molar-refractivity contribution >= 4 is 0 Å². The van der Waals surface area contributed by atoms with Crippen LogP contribution < -0.4 is 4.74 Å². The molecule has 2 nitrogen and oxygen atoms in total. The van der Waals surface area contributed by atoms with Crippen LogP contribution in [0.25, 0.3) is 0 Å². The number of alkyl halides is 1. The number of ether oxygens (including phenoxy) is 1. The van der Waals surface area contributed by atoms with Crippen molar-refractivity contribution in [1.82, 2.24) is 4.90 Å². The lowest BCUT2D eigenvalue weighted by Gasteiger charge is -2.24. The summed E-state index contributed by atoms with van der Waals surface area (Å²) >= 11 is 0. The molecule has 1 aliphatic heterocycles. The Hall–Kier alpha value is -1.23. The van der Waals surface area contributed by atoms with Crippen LogP contribution in [0.15, 0.2) is 18.2 Å². The van der Waals surface area contributed by atoms with Gasteiger partial charge in [-0.2, -0.15) is 0 Å². The molecule has 1 saturated heterocycles. The third kappa shape index (κ3) is 3.86. The third-order valence-corrected chi connectivity index (χ3v) is 3.49. The minimum atomic E-state index is -0.652. The molecule has 0 aromatic heterocycles. The molecule has 106 valence electrons. The van der Waals surface area contributed by atoms with E-state index >= 15 is 0 Å². The van der Waals surface area contributed by atoms with E-state index in [0.717, 1.165) is 37.7 Å². The fourth-order valence-electron chi connectivity index (χ4n) is 2.32. The Labute approximate surface area is 111 Å². The van der Waals surface area contributed by atoms with Crippen LogP contribution in [0.2, 0.25) is 0 Å². The zero-order valence-electron chi connectivity index (χ0n) is 10.9. The zero-order chi connectivity index (χ0) is 13.8. The summed E-state index contributed by atoms with van der Waals surface area (Å²) in [5, 5.41) is 0. The summed E-state index contributed by atoms with van der Waals surface area (Å²) < 4.78 is 43.9. The van der Waals surface area contributed by atoms with Crippen LogP contribution >= 0.6 is 0 Å². The molecule has 0 aliphatic carbocycles. The SMILES string of the molecule is CC(COc1cc(F)cc(F)c1)N1CCC(CF)C1. The Bertz CT molecular complexity index is 407. The highest BCUT2D eigenvalue weighted by Gasteiger charge is 2.26. The Kier molecular flexibility index (Phi) is 4.69. The molecule has 1 heterocycles. The van der Waals surface area contributed by atoms with Crippen molar-refractivity contribution in [2.24, 2.45) is 5.92 Å². The van der Waals surface area contributed by atoms with Gasteiger partial charge in [0, 0.05) is 36.7 Å². The first-order valence-electron chi connectivity index (χ1n) is 6.47. The Morgan fingerprint density at radius 2 is 2.00 bits per heavy atom. The molecule has 19 heavy (non-hydrogen) atoms. The van der Waals surface area contributed by atoms with Crippen molar-refractivity contribution in [3.63, 3.8) is 0 Å². The van der Waals surface area contributed by atoms with Crippen molar-refractivity contribution in [2.45, 2.75) is 19.4 Å². The van der Waals surface area contributed by atoms with Gasteiger partial charge in [0.25, 0.3) is 0 Å². The molecule has 2 rings (SSSR count). The third-order valence-electron chi connectivity index (χ3n) is 3.49. The van der Waals surface area contributed by atoms with Crippen molar-refractivity contribution in [3.8, 4) is 5.75 Å². The van der Waals surface area contributed by atoms with E-state index in [1.165, 1.54) is 0 Å². The van der Waals surface area contributed by atoms with Gasteiger partial charge in [0.1, 0.15) is 24.0 Å². The highest BCUT2D eigenvalue weighted by Crippen LogP contribution is 2.20. The van der Waals surface area contributed by atoms with Crippen LogP contribution in [0.4, 0.5) is 13.2 Å². The second-order valence-corrected chi connectivity index (χ2v) is 5.07. The summed E-state index contributed by atoms with van der Waals surface area (Å²) in [5.74, 6) is -1.01. The van der Waals surface area contributed by atoms with Gasteiger partial charge in [-0.15, -0.1) is 0 Å². The van der Waals surface area contributed by atoms with Gasteiger partial charge in [0.2, 0.25) is 0 Å². The predicted molar refractivity (Wildman–Crippen MR) is 67.0 cm³/mol. The minimum Gasteiger partial charge on any atom is -0.492 e. The van der Waals surface area contributed by atoms with Crippen LogP contribution in [0.1, 0.15) is 13.3 Å². The summed E-state index contributed by atoms with van der Waals surface area (Å²) in [6.07, 6.45) is 0.857. The van der Waals surface area contributed by atoms with Crippen molar-refractivity contribution in [3.05, 3.63) is 29.8 Å². The smallest absolute Gasteiger partial charge is 0.129 e. The van der Waals surface area contributed by atoms with Gasteiger partial charge in [-0.3, -0.25) is 9.29 Å². The van der Waals surface area contributed by atoms with Crippen molar-refractivity contribution in [2.75, 3.05) is 26.4 Å². The van der Waals surface area contributed by atoms with Crippen molar-refractivity contribution in [1.29, 1.82) is 0 Å². The van der Waals surface area contributed by atoms with Gasteiger partial charge >= 0.3 is 0 Å². The van der Waals surface area contributed by atoms with E-state index in [1.54, 1.807) is 0 Å². The fourth-order valence-corrected chi connectivity index (χ4v) is 2.32. The standard InChI is InChI=1S/C14H18F3NO/c1-10(18-3-2-11(7-15)8-18)9-19-14-5-12(16)4-13(17)6-14/h4-6,10-11H,2-3,7-9H2,1H3. The molecule has 1 aromatic rings. The molecule has 1 fully saturated rings. The minimum absolute atomic E-state index is 0.0999. The summed E-state index contributed by atoms with van der Waals surface area (Å²) in [7, 11) is 0. The molecule has 0 bridgehead atoms. The first-order valence-corrected chi connectivity index (χ1v) is 6.47. The monoisotopic (exact) mass is 273 g/mol. The fraction of sp³-hybridized carbons (Fsp3) is 0.571. The molecular weight excluding hydrogens is 255 g/mol. The lowest BCUT2D eigenvalue weighted by Crippen LogP contribution is -2.35. The maximum absolute atomic E-state index is 13.0. The summed E-state index contributed by atoms with van der Waals surface area (Å²) in [4.78, 5) is 2.14. The van der Waals surface area contributed by atoms with Gasteiger partial charge in [-0.05, 0) is 19.9 Å². The second kappa shape index (κ2) is 6.28. The van der Waals surface area contributed by atoms with Crippen LogP contribution in [-0.2, 0) is 0 Å². The Morgan fingerprint density at radius 1 is 1.32 bits per heavy atom. The molecule has 5 heteroatoms. The van der Waals surface area contributed by atoms with Crippen LogP contribution in [-0.4, -0.2) is 37.3 Å². The molecule has 2 unspecified atom stereocenters. The summed E-state index contributed by atoms with van der Waals surface area (Å²) in [5.41, 5.74) is 0. The van der Waals surface area contributed by atoms with Gasteiger partial charge in [0.15, 0.2) is 0 Å². The van der Waals surface area contributed by atoms with E-state index in [-0.39, 0.29) is 24.4 Å². The largest absolute Gasteiger partial charge is 0.492 e. The quantitative estimate of drug-likeness (QED) is 0.817. The molecule has 1 aliphatic rings. The van der Waals surface area contributed by atoms with E-state index in [9.17, 15) is 13.2 Å².